The van der Waals surface area contributed by atoms with Crippen molar-refractivity contribution in [3.8, 4) is 17.2 Å². The number of methoxy groups -OCH3 is 1. The summed E-state index contributed by atoms with van der Waals surface area (Å²) in [5.74, 6) is 2.75. The molecular formula is C18H21NO3. The third-order valence-corrected chi connectivity index (χ3v) is 3.96. The molecule has 0 saturated heterocycles. The summed E-state index contributed by atoms with van der Waals surface area (Å²) in [7, 11) is 1.67. The first-order valence-corrected chi connectivity index (χ1v) is 7.52. The molecule has 2 aromatic carbocycles. The number of ether oxygens (including phenoxy) is 3. The lowest BCUT2D eigenvalue weighted by atomic mass is 9.91. The summed E-state index contributed by atoms with van der Waals surface area (Å²) in [5, 5.41) is 0. The quantitative estimate of drug-likeness (QED) is 0.922. The Bertz CT molecular complexity index is 625. The second-order valence-corrected chi connectivity index (χ2v) is 5.39. The van der Waals surface area contributed by atoms with Gasteiger partial charge in [-0.2, -0.15) is 0 Å². The number of benzene rings is 2. The largest absolute Gasteiger partial charge is 0.497 e. The van der Waals surface area contributed by atoms with Crippen LogP contribution in [0.25, 0.3) is 0 Å². The third kappa shape index (κ3) is 3.17. The van der Waals surface area contributed by atoms with Gasteiger partial charge in [0.15, 0.2) is 11.5 Å². The summed E-state index contributed by atoms with van der Waals surface area (Å²) in [5.41, 5.74) is 8.41. The summed E-state index contributed by atoms with van der Waals surface area (Å²) in [4.78, 5) is 0. The number of rotatable bonds is 5. The van der Waals surface area contributed by atoms with E-state index >= 15 is 0 Å². The van der Waals surface area contributed by atoms with Crippen molar-refractivity contribution in [2.75, 3.05) is 26.9 Å². The van der Waals surface area contributed by atoms with E-state index < -0.39 is 0 Å². The molecule has 4 nitrogen and oxygen atoms in total. The van der Waals surface area contributed by atoms with Gasteiger partial charge in [0.25, 0.3) is 0 Å². The summed E-state index contributed by atoms with van der Waals surface area (Å²) in [6, 6.07) is 14.2. The van der Waals surface area contributed by atoms with Gasteiger partial charge in [0.1, 0.15) is 19.0 Å². The van der Waals surface area contributed by atoms with E-state index in [9.17, 15) is 0 Å². The van der Waals surface area contributed by atoms with Crippen molar-refractivity contribution in [3.05, 3.63) is 53.6 Å². The molecule has 4 heteroatoms. The highest BCUT2D eigenvalue weighted by Gasteiger charge is 2.16. The minimum Gasteiger partial charge on any atom is -0.497 e. The first-order valence-electron chi connectivity index (χ1n) is 7.52. The van der Waals surface area contributed by atoms with Crippen LogP contribution < -0.4 is 19.9 Å². The molecule has 1 atom stereocenters. The lowest BCUT2D eigenvalue weighted by Crippen LogP contribution is -2.18. The summed E-state index contributed by atoms with van der Waals surface area (Å²) >= 11 is 0. The van der Waals surface area contributed by atoms with Crippen molar-refractivity contribution in [2.24, 2.45) is 5.73 Å². The predicted octanol–water partition coefficient (Wildman–Crippen LogP) is 2.75. The van der Waals surface area contributed by atoms with Crippen LogP contribution in [0.4, 0.5) is 0 Å². The minimum absolute atomic E-state index is 0.254. The van der Waals surface area contributed by atoms with Crippen molar-refractivity contribution < 1.29 is 14.2 Å². The average Bonchev–Trinajstić information content (AvgIpc) is 2.59. The van der Waals surface area contributed by atoms with Gasteiger partial charge in [-0.25, -0.2) is 0 Å². The average molecular weight is 299 g/mol. The molecule has 2 N–H and O–H groups in total. The minimum atomic E-state index is 0.254. The van der Waals surface area contributed by atoms with Gasteiger partial charge in [-0.15, -0.1) is 0 Å². The Kier molecular flexibility index (Phi) is 4.49. The first kappa shape index (κ1) is 14.7. The van der Waals surface area contributed by atoms with Gasteiger partial charge in [0.05, 0.1) is 7.11 Å². The Morgan fingerprint density at radius 1 is 1.05 bits per heavy atom. The highest BCUT2D eigenvalue weighted by molar-refractivity contribution is 5.45. The fraction of sp³-hybridized carbons (Fsp3) is 0.333. The maximum atomic E-state index is 5.99. The molecule has 0 radical (unpaired) electrons. The van der Waals surface area contributed by atoms with Crippen LogP contribution in [-0.2, 0) is 6.42 Å². The van der Waals surface area contributed by atoms with Gasteiger partial charge < -0.3 is 19.9 Å². The number of nitrogens with two attached hydrogens (primary N) is 1. The van der Waals surface area contributed by atoms with Gasteiger partial charge in [-0.1, -0.05) is 18.2 Å². The molecule has 22 heavy (non-hydrogen) atoms. The van der Waals surface area contributed by atoms with Gasteiger partial charge in [0, 0.05) is 5.92 Å². The highest BCUT2D eigenvalue weighted by Crippen LogP contribution is 2.34. The van der Waals surface area contributed by atoms with E-state index in [0.717, 1.165) is 23.7 Å². The summed E-state index contributed by atoms with van der Waals surface area (Å²) < 4.78 is 16.4. The van der Waals surface area contributed by atoms with E-state index in [4.69, 9.17) is 19.9 Å². The van der Waals surface area contributed by atoms with Crippen molar-refractivity contribution in [2.45, 2.75) is 12.3 Å². The second kappa shape index (κ2) is 6.71. The van der Waals surface area contributed by atoms with E-state index in [1.54, 1.807) is 7.11 Å². The molecule has 1 heterocycles. The molecule has 1 unspecified atom stereocenters. The molecule has 0 fully saturated rings. The van der Waals surface area contributed by atoms with Crippen LogP contribution in [0.1, 0.15) is 17.0 Å². The first-order chi connectivity index (χ1) is 10.8. The lowest BCUT2D eigenvalue weighted by Gasteiger charge is -2.21. The van der Waals surface area contributed by atoms with Gasteiger partial charge in [-0.3, -0.25) is 0 Å². The molecular weight excluding hydrogens is 278 g/mol. The topological polar surface area (TPSA) is 53.7 Å². The number of fused-ring (bicyclic) bond motifs is 1. The van der Waals surface area contributed by atoms with Crippen LogP contribution in [0.15, 0.2) is 42.5 Å². The Labute approximate surface area is 130 Å². The van der Waals surface area contributed by atoms with Gasteiger partial charge in [-0.05, 0) is 48.4 Å². The molecule has 116 valence electrons. The maximum Gasteiger partial charge on any atom is 0.161 e. The molecule has 1 aliphatic rings. The van der Waals surface area contributed by atoms with E-state index in [1.165, 1.54) is 11.1 Å². The second-order valence-electron chi connectivity index (χ2n) is 5.39. The Hall–Kier alpha value is -2.20. The van der Waals surface area contributed by atoms with E-state index in [-0.39, 0.29) is 5.92 Å². The molecule has 0 aromatic heterocycles. The highest BCUT2D eigenvalue weighted by atomic mass is 16.6. The van der Waals surface area contributed by atoms with Crippen molar-refractivity contribution >= 4 is 0 Å². The Balaban J connectivity index is 1.78. The molecule has 0 aliphatic carbocycles. The predicted molar refractivity (Wildman–Crippen MR) is 85.9 cm³/mol. The van der Waals surface area contributed by atoms with Crippen LogP contribution in [0, 0.1) is 0 Å². The Morgan fingerprint density at radius 3 is 2.45 bits per heavy atom. The van der Waals surface area contributed by atoms with Crippen LogP contribution in [0.2, 0.25) is 0 Å². The standard InChI is InChI=1S/C18H21NO3/c1-20-16-5-2-13(3-6-16)10-15(12-19)14-4-7-17-18(11-14)22-9-8-21-17/h2-7,11,15H,8-10,12,19H2,1H3. The smallest absolute Gasteiger partial charge is 0.161 e. The van der Waals surface area contributed by atoms with E-state index in [2.05, 4.69) is 24.3 Å². The molecule has 0 saturated carbocycles. The summed E-state index contributed by atoms with van der Waals surface area (Å²) in [6.07, 6.45) is 0.889. The van der Waals surface area contributed by atoms with Crippen LogP contribution in [-0.4, -0.2) is 26.9 Å². The SMILES string of the molecule is COc1ccc(CC(CN)c2ccc3c(c2)OCCO3)cc1. The van der Waals surface area contributed by atoms with Crippen molar-refractivity contribution in [1.29, 1.82) is 0 Å². The molecule has 3 rings (SSSR count). The van der Waals surface area contributed by atoms with Crippen molar-refractivity contribution in [1.82, 2.24) is 0 Å². The monoisotopic (exact) mass is 299 g/mol. The number of hydrogen-bond donors (Lipinski definition) is 1. The molecule has 0 bridgehead atoms. The van der Waals surface area contributed by atoms with E-state index in [1.807, 2.05) is 18.2 Å². The van der Waals surface area contributed by atoms with E-state index in [0.29, 0.717) is 19.8 Å². The molecule has 1 aliphatic heterocycles. The van der Waals surface area contributed by atoms with Crippen LogP contribution in [0.3, 0.4) is 0 Å². The zero-order chi connectivity index (χ0) is 15.4. The number of hydrogen-bond acceptors (Lipinski definition) is 4. The summed E-state index contributed by atoms with van der Waals surface area (Å²) in [6.45, 7) is 1.80. The third-order valence-electron chi connectivity index (χ3n) is 3.96. The van der Waals surface area contributed by atoms with Crippen molar-refractivity contribution in [3.63, 3.8) is 0 Å². The normalized spacial score (nSPS) is 14.5. The van der Waals surface area contributed by atoms with Crippen LogP contribution in [0.5, 0.6) is 17.2 Å². The van der Waals surface area contributed by atoms with Gasteiger partial charge >= 0.3 is 0 Å². The molecule has 0 amide bonds. The zero-order valence-corrected chi connectivity index (χ0v) is 12.7. The molecule has 2 aromatic rings. The zero-order valence-electron chi connectivity index (χ0n) is 12.7. The Morgan fingerprint density at radius 2 is 1.77 bits per heavy atom. The lowest BCUT2D eigenvalue weighted by molar-refractivity contribution is 0.171. The fourth-order valence-electron chi connectivity index (χ4n) is 2.70. The van der Waals surface area contributed by atoms with Crippen LogP contribution >= 0.6 is 0 Å². The molecule has 0 spiro atoms. The fourth-order valence-corrected chi connectivity index (χ4v) is 2.70. The van der Waals surface area contributed by atoms with Gasteiger partial charge in [0.2, 0.25) is 0 Å². The maximum absolute atomic E-state index is 5.99.